The van der Waals surface area contributed by atoms with Crippen LogP contribution in [0, 0.1) is 6.92 Å². The van der Waals surface area contributed by atoms with E-state index in [9.17, 15) is 4.79 Å². The average Bonchev–Trinajstić information content (AvgIpc) is 2.93. The van der Waals surface area contributed by atoms with Crippen molar-refractivity contribution in [3.05, 3.63) is 56.1 Å². The first-order valence-corrected chi connectivity index (χ1v) is 7.45. The second-order valence-corrected chi connectivity index (χ2v) is 6.78. The summed E-state index contributed by atoms with van der Waals surface area (Å²) in [4.78, 5) is 13.8. The smallest absolute Gasteiger partial charge is 0.212 e. The zero-order valence-electron chi connectivity index (χ0n) is 9.57. The van der Waals surface area contributed by atoms with Crippen LogP contribution in [0.4, 0.5) is 0 Å². The highest BCUT2D eigenvalue weighted by Gasteiger charge is 2.16. The standard InChI is InChI=1S/C14H9ClOS2/c1-8-6-11(18-14(8)15)13(16)12-7-9-4-2-3-5-10(9)17-12/h2-7H,1H3. The maximum Gasteiger partial charge on any atom is 0.212 e. The van der Waals surface area contributed by atoms with E-state index >= 15 is 0 Å². The lowest BCUT2D eigenvalue weighted by molar-refractivity contribution is 0.104. The second kappa shape index (κ2) is 4.50. The summed E-state index contributed by atoms with van der Waals surface area (Å²) in [6.07, 6.45) is 0. The third kappa shape index (κ3) is 1.99. The molecule has 2 aromatic heterocycles. The van der Waals surface area contributed by atoms with Crippen molar-refractivity contribution in [2.45, 2.75) is 6.92 Å². The van der Waals surface area contributed by atoms with Crippen molar-refractivity contribution in [2.24, 2.45) is 0 Å². The number of carbonyl (C=O) groups excluding carboxylic acids is 1. The van der Waals surface area contributed by atoms with E-state index in [4.69, 9.17) is 11.6 Å². The number of halogens is 1. The molecule has 0 fully saturated rings. The molecule has 0 aliphatic carbocycles. The predicted molar refractivity (Wildman–Crippen MR) is 79.3 cm³/mol. The third-order valence-electron chi connectivity index (χ3n) is 2.73. The minimum absolute atomic E-state index is 0.0659. The van der Waals surface area contributed by atoms with Crippen LogP contribution in [-0.4, -0.2) is 5.78 Å². The molecule has 0 bridgehead atoms. The lowest BCUT2D eigenvalue weighted by Crippen LogP contribution is -1.93. The van der Waals surface area contributed by atoms with Crippen LogP contribution in [0.1, 0.15) is 20.1 Å². The van der Waals surface area contributed by atoms with Crippen LogP contribution in [0.25, 0.3) is 10.1 Å². The lowest BCUT2D eigenvalue weighted by atomic mass is 10.2. The van der Waals surface area contributed by atoms with Crippen molar-refractivity contribution < 1.29 is 4.79 Å². The monoisotopic (exact) mass is 292 g/mol. The molecule has 0 spiro atoms. The molecule has 3 rings (SSSR count). The molecule has 18 heavy (non-hydrogen) atoms. The highest BCUT2D eigenvalue weighted by atomic mass is 35.5. The van der Waals surface area contributed by atoms with Crippen LogP contribution >= 0.6 is 34.3 Å². The molecule has 0 atom stereocenters. The van der Waals surface area contributed by atoms with Gasteiger partial charge in [-0.05, 0) is 36.1 Å². The molecule has 3 aromatic rings. The predicted octanol–water partition coefficient (Wildman–Crippen LogP) is 5.16. The van der Waals surface area contributed by atoms with E-state index in [0.29, 0.717) is 9.21 Å². The van der Waals surface area contributed by atoms with Gasteiger partial charge in [-0.15, -0.1) is 22.7 Å². The van der Waals surface area contributed by atoms with E-state index in [1.807, 2.05) is 43.3 Å². The largest absolute Gasteiger partial charge is 0.287 e. The molecular formula is C14H9ClOS2. The minimum Gasteiger partial charge on any atom is -0.287 e. The Balaban J connectivity index is 2.06. The Bertz CT molecular complexity index is 687. The topological polar surface area (TPSA) is 17.1 Å². The van der Waals surface area contributed by atoms with Gasteiger partial charge < -0.3 is 0 Å². The van der Waals surface area contributed by atoms with Gasteiger partial charge in [-0.25, -0.2) is 0 Å². The zero-order valence-corrected chi connectivity index (χ0v) is 12.0. The lowest BCUT2D eigenvalue weighted by Gasteiger charge is -1.90. The molecule has 1 aromatic carbocycles. The van der Waals surface area contributed by atoms with E-state index < -0.39 is 0 Å². The van der Waals surface area contributed by atoms with Gasteiger partial charge in [0.1, 0.15) is 0 Å². The summed E-state index contributed by atoms with van der Waals surface area (Å²) in [5.74, 6) is 0.0659. The highest BCUT2D eigenvalue weighted by Crippen LogP contribution is 2.32. The number of hydrogen-bond acceptors (Lipinski definition) is 3. The summed E-state index contributed by atoms with van der Waals surface area (Å²) in [5, 5.41) is 1.12. The van der Waals surface area contributed by atoms with Crippen molar-refractivity contribution in [3.63, 3.8) is 0 Å². The summed E-state index contributed by atoms with van der Waals surface area (Å²) in [6, 6.07) is 11.8. The van der Waals surface area contributed by atoms with Crippen molar-refractivity contribution in [1.82, 2.24) is 0 Å². The summed E-state index contributed by atoms with van der Waals surface area (Å²) in [6.45, 7) is 1.92. The molecule has 2 heterocycles. The van der Waals surface area contributed by atoms with Gasteiger partial charge in [0.25, 0.3) is 0 Å². The zero-order chi connectivity index (χ0) is 12.7. The van der Waals surface area contributed by atoms with Gasteiger partial charge in [-0.1, -0.05) is 29.8 Å². The fraction of sp³-hybridized carbons (Fsp3) is 0.0714. The molecule has 0 saturated carbocycles. The van der Waals surface area contributed by atoms with E-state index in [-0.39, 0.29) is 5.78 Å². The van der Waals surface area contributed by atoms with Crippen molar-refractivity contribution >= 4 is 50.1 Å². The molecule has 0 unspecified atom stereocenters. The highest BCUT2D eigenvalue weighted by molar-refractivity contribution is 7.23. The van der Waals surface area contributed by atoms with E-state index in [1.54, 1.807) is 0 Å². The number of carbonyl (C=O) groups is 1. The first kappa shape index (κ1) is 11.9. The molecule has 0 amide bonds. The fourth-order valence-electron chi connectivity index (χ4n) is 1.79. The fourth-order valence-corrected chi connectivity index (χ4v) is 4.02. The Morgan fingerprint density at radius 2 is 1.83 bits per heavy atom. The minimum atomic E-state index is 0.0659. The Morgan fingerprint density at radius 1 is 1.11 bits per heavy atom. The molecule has 1 nitrogen and oxygen atoms in total. The number of fused-ring (bicyclic) bond motifs is 1. The number of rotatable bonds is 2. The van der Waals surface area contributed by atoms with Gasteiger partial charge >= 0.3 is 0 Å². The molecule has 90 valence electrons. The van der Waals surface area contributed by atoms with Gasteiger partial charge in [-0.2, -0.15) is 0 Å². The van der Waals surface area contributed by atoms with Crippen LogP contribution in [0.2, 0.25) is 4.34 Å². The Kier molecular flexibility index (Phi) is 2.98. The third-order valence-corrected chi connectivity index (χ3v) is 5.40. The van der Waals surface area contributed by atoms with E-state index in [0.717, 1.165) is 20.5 Å². The molecular weight excluding hydrogens is 284 g/mol. The molecule has 4 heteroatoms. The molecule has 0 aliphatic rings. The van der Waals surface area contributed by atoms with Crippen LogP contribution in [-0.2, 0) is 0 Å². The van der Waals surface area contributed by atoms with E-state index in [2.05, 4.69) is 0 Å². The molecule has 0 radical (unpaired) electrons. The SMILES string of the molecule is Cc1cc(C(=O)c2cc3ccccc3s2)sc1Cl. The number of aryl methyl sites for hydroxylation is 1. The van der Waals surface area contributed by atoms with Gasteiger partial charge in [0.2, 0.25) is 5.78 Å². The second-order valence-electron chi connectivity index (χ2n) is 4.04. The van der Waals surface area contributed by atoms with Crippen molar-refractivity contribution in [3.8, 4) is 0 Å². The number of hydrogen-bond donors (Lipinski definition) is 0. The number of thiophene rings is 2. The number of benzene rings is 1. The quantitative estimate of drug-likeness (QED) is 0.597. The normalized spacial score (nSPS) is 11.0. The van der Waals surface area contributed by atoms with Gasteiger partial charge in [0, 0.05) is 4.70 Å². The van der Waals surface area contributed by atoms with Gasteiger partial charge in [0.15, 0.2) is 0 Å². The van der Waals surface area contributed by atoms with E-state index in [1.165, 1.54) is 22.7 Å². The first-order chi connectivity index (χ1) is 8.65. The Hall–Kier alpha value is -1.16. The van der Waals surface area contributed by atoms with Crippen molar-refractivity contribution in [2.75, 3.05) is 0 Å². The average molecular weight is 293 g/mol. The van der Waals surface area contributed by atoms with Gasteiger partial charge in [-0.3, -0.25) is 4.79 Å². The summed E-state index contributed by atoms with van der Waals surface area (Å²) in [5.41, 5.74) is 0.964. The van der Waals surface area contributed by atoms with Crippen LogP contribution in [0.15, 0.2) is 36.4 Å². The van der Waals surface area contributed by atoms with Crippen LogP contribution < -0.4 is 0 Å². The summed E-state index contributed by atoms with van der Waals surface area (Å²) < 4.78 is 1.83. The Morgan fingerprint density at radius 3 is 2.50 bits per heavy atom. The number of ketones is 1. The maximum atomic E-state index is 12.3. The molecule has 0 N–H and O–H groups in total. The Labute approximate surface area is 118 Å². The maximum absolute atomic E-state index is 12.3. The van der Waals surface area contributed by atoms with Gasteiger partial charge in [0.05, 0.1) is 14.1 Å². The summed E-state index contributed by atoms with van der Waals surface area (Å²) in [7, 11) is 0. The molecule has 0 aliphatic heterocycles. The first-order valence-electron chi connectivity index (χ1n) is 5.44. The summed E-state index contributed by atoms with van der Waals surface area (Å²) >= 11 is 8.89. The molecule has 0 saturated heterocycles. The van der Waals surface area contributed by atoms with Crippen LogP contribution in [0.3, 0.4) is 0 Å². The van der Waals surface area contributed by atoms with Crippen LogP contribution in [0.5, 0.6) is 0 Å². The van der Waals surface area contributed by atoms with Crippen molar-refractivity contribution in [1.29, 1.82) is 0 Å².